The topological polar surface area (TPSA) is 84.2 Å². The number of thiophene rings is 1. The van der Waals surface area contributed by atoms with Gasteiger partial charge < -0.3 is 10.4 Å². The molecule has 0 radical (unpaired) electrons. The van der Waals surface area contributed by atoms with Gasteiger partial charge in [-0.1, -0.05) is 30.3 Å². The molecule has 0 bridgehead atoms. The second kappa shape index (κ2) is 7.50. The van der Waals surface area contributed by atoms with Crippen molar-refractivity contribution in [1.29, 1.82) is 0 Å². The minimum absolute atomic E-state index is 0.108. The normalized spacial score (nSPS) is 10.6. The molecule has 0 unspecified atom stereocenters. The van der Waals surface area contributed by atoms with E-state index in [1.165, 1.54) is 23.5 Å². The number of anilines is 1. The molecule has 0 saturated carbocycles. The predicted molar refractivity (Wildman–Crippen MR) is 108 cm³/mol. The van der Waals surface area contributed by atoms with Crippen molar-refractivity contribution in [1.82, 2.24) is 9.78 Å². The first-order chi connectivity index (χ1) is 13.6. The zero-order chi connectivity index (χ0) is 19.5. The van der Waals surface area contributed by atoms with Crippen LogP contribution in [0.15, 0.2) is 78.3 Å². The van der Waals surface area contributed by atoms with Gasteiger partial charge in [-0.3, -0.25) is 4.79 Å². The molecular formula is C21H15N3O3S. The van der Waals surface area contributed by atoms with Crippen LogP contribution in [0.1, 0.15) is 20.7 Å². The first-order valence-corrected chi connectivity index (χ1v) is 9.33. The average molecular weight is 389 g/mol. The molecule has 0 aliphatic carbocycles. The van der Waals surface area contributed by atoms with Crippen LogP contribution in [0.25, 0.3) is 16.3 Å². The Morgan fingerprint density at radius 1 is 1.00 bits per heavy atom. The number of hydrogen-bond donors (Lipinski definition) is 2. The summed E-state index contributed by atoms with van der Waals surface area (Å²) in [6.07, 6.45) is 1.68. The fourth-order valence-electron chi connectivity index (χ4n) is 2.78. The molecule has 0 fully saturated rings. The van der Waals surface area contributed by atoms with E-state index in [2.05, 4.69) is 10.4 Å². The Hall–Kier alpha value is -3.71. The molecule has 0 atom stereocenters. The van der Waals surface area contributed by atoms with Crippen LogP contribution >= 0.6 is 11.3 Å². The van der Waals surface area contributed by atoms with Gasteiger partial charge in [0.1, 0.15) is 5.69 Å². The SMILES string of the molecule is O=C(O)c1cccc(NC(=O)c2cn(-c3ccccc3)nc2-c2cccs2)c1. The second-order valence-electron chi connectivity index (χ2n) is 5.99. The van der Waals surface area contributed by atoms with Crippen molar-refractivity contribution >= 4 is 28.9 Å². The van der Waals surface area contributed by atoms with Gasteiger partial charge in [0.25, 0.3) is 5.91 Å². The lowest BCUT2D eigenvalue weighted by atomic mass is 10.1. The molecule has 28 heavy (non-hydrogen) atoms. The van der Waals surface area contributed by atoms with Crippen LogP contribution < -0.4 is 5.32 Å². The standard InChI is InChI=1S/C21H15N3O3S/c25-20(22-15-7-4-6-14(12-15)21(26)27)17-13-24(16-8-2-1-3-9-16)23-19(17)18-10-5-11-28-18/h1-13H,(H,22,25)(H,26,27). The molecule has 4 aromatic rings. The van der Waals surface area contributed by atoms with Crippen molar-refractivity contribution in [3.05, 3.63) is 89.4 Å². The van der Waals surface area contributed by atoms with E-state index >= 15 is 0 Å². The summed E-state index contributed by atoms with van der Waals surface area (Å²) in [5.74, 6) is -1.40. The van der Waals surface area contributed by atoms with Gasteiger partial charge >= 0.3 is 5.97 Å². The molecule has 7 heteroatoms. The second-order valence-corrected chi connectivity index (χ2v) is 6.94. The van der Waals surface area contributed by atoms with Gasteiger partial charge in [0, 0.05) is 11.9 Å². The van der Waals surface area contributed by atoms with E-state index < -0.39 is 5.97 Å². The quantitative estimate of drug-likeness (QED) is 0.524. The number of nitrogens with zero attached hydrogens (tertiary/aromatic N) is 2. The number of carbonyl (C=O) groups excluding carboxylic acids is 1. The predicted octanol–water partition coefficient (Wildman–Crippen LogP) is 4.55. The molecule has 2 aromatic carbocycles. The number of hydrogen-bond acceptors (Lipinski definition) is 4. The maximum Gasteiger partial charge on any atom is 0.335 e. The summed E-state index contributed by atoms with van der Waals surface area (Å²) < 4.78 is 1.66. The van der Waals surface area contributed by atoms with Gasteiger partial charge in [0.05, 0.1) is 21.7 Å². The van der Waals surface area contributed by atoms with Crippen LogP contribution in [0.3, 0.4) is 0 Å². The summed E-state index contributed by atoms with van der Waals surface area (Å²) in [6.45, 7) is 0. The number of amides is 1. The lowest BCUT2D eigenvalue weighted by Gasteiger charge is -2.05. The summed E-state index contributed by atoms with van der Waals surface area (Å²) in [7, 11) is 0. The highest BCUT2D eigenvalue weighted by Gasteiger charge is 2.20. The van der Waals surface area contributed by atoms with Gasteiger partial charge in [-0.05, 0) is 41.8 Å². The van der Waals surface area contributed by atoms with E-state index in [0.717, 1.165) is 10.6 Å². The van der Waals surface area contributed by atoms with Crippen molar-refractivity contribution in [2.45, 2.75) is 0 Å². The fraction of sp³-hybridized carbons (Fsp3) is 0. The summed E-state index contributed by atoms with van der Waals surface area (Å²) >= 11 is 1.50. The largest absolute Gasteiger partial charge is 0.478 e. The van der Waals surface area contributed by atoms with Gasteiger partial charge in [-0.25, -0.2) is 9.48 Å². The molecule has 0 aliphatic heterocycles. The third kappa shape index (κ3) is 3.56. The molecule has 0 spiro atoms. The minimum atomic E-state index is -1.05. The molecule has 2 heterocycles. The molecule has 6 nitrogen and oxygen atoms in total. The Kier molecular flexibility index (Phi) is 4.74. The van der Waals surface area contributed by atoms with Gasteiger partial charge in [-0.15, -0.1) is 11.3 Å². The highest BCUT2D eigenvalue weighted by atomic mass is 32.1. The van der Waals surface area contributed by atoms with Gasteiger partial charge in [-0.2, -0.15) is 5.10 Å². The Balaban J connectivity index is 1.71. The Labute approximate surface area is 164 Å². The molecule has 0 aliphatic rings. The van der Waals surface area contributed by atoms with E-state index in [0.29, 0.717) is 16.9 Å². The summed E-state index contributed by atoms with van der Waals surface area (Å²) in [6, 6.07) is 19.5. The maximum atomic E-state index is 12.9. The van der Waals surface area contributed by atoms with Crippen molar-refractivity contribution in [2.75, 3.05) is 5.32 Å². The Morgan fingerprint density at radius 3 is 2.54 bits per heavy atom. The van der Waals surface area contributed by atoms with E-state index in [-0.39, 0.29) is 11.5 Å². The van der Waals surface area contributed by atoms with Gasteiger partial charge in [0.15, 0.2) is 0 Å². The summed E-state index contributed by atoms with van der Waals surface area (Å²) in [4.78, 5) is 25.0. The number of benzene rings is 2. The zero-order valence-electron chi connectivity index (χ0n) is 14.6. The Morgan fingerprint density at radius 2 is 1.82 bits per heavy atom. The summed E-state index contributed by atoms with van der Waals surface area (Å²) in [5.41, 5.74) is 2.34. The van der Waals surface area contributed by atoms with Crippen LogP contribution in [0.2, 0.25) is 0 Å². The molecule has 2 aromatic heterocycles. The average Bonchev–Trinajstić information content (AvgIpc) is 3.38. The molecule has 4 rings (SSSR count). The van der Waals surface area contributed by atoms with E-state index in [9.17, 15) is 9.59 Å². The molecule has 2 N–H and O–H groups in total. The van der Waals surface area contributed by atoms with E-state index in [1.807, 2.05) is 47.8 Å². The number of aromatic nitrogens is 2. The number of carboxylic acid groups (broad SMARTS) is 1. The summed E-state index contributed by atoms with van der Waals surface area (Å²) in [5, 5.41) is 18.4. The smallest absolute Gasteiger partial charge is 0.335 e. The number of carbonyl (C=O) groups is 2. The van der Waals surface area contributed by atoms with Crippen LogP contribution in [0.4, 0.5) is 5.69 Å². The monoisotopic (exact) mass is 389 g/mol. The molecule has 1 amide bonds. The lowest BCUT2D eigenvalue weighted by Crippen LogP contribution is -2.12. The maximum absolute atomic E-state index is 12.9. The fourth-order valence-corrected chi connectivity index (χ4v) is 3.50. The lowest BCUT2D eigenvalue weighted by molar-refractivity contribution is 0.0696. The Bertz CT molecular complexity index is 1130. The third-order valence-corrected chi connectivity index (χ3v) is 4.98. The highest BCUT2D eigenvalue weighted by molar-refractivity contribution is 7.13. The minimum Gasteiger partial charge on any atom is -0.478 e. The van der Waals surface area contributed by atoms with E-state index in [4.69, 9.17) is 5.11 Å². The number of nitrogens with one attached hydrogen (secondary N) is 1. The molecular weight excluding hydrogens is 374 g/mol. The number of rotatable bonds is 5. The number of aromatic carboxylic acids is 1. The third-order valence-electron chi connectivity index (χ3n) is 4.10. The van der Waals surface area contributed by atoms with Crippen LogP contribution in [0, 0.1) is 0 Å². The first-order valence-electron chi connectivity index (χ1n) is 8.45. The van der Waals surface area contributed by atoms with Crippen molar-refractivity contribution in [2.24, 2.45) is 0 Å². The first kappa shape index (κ1) is 17.7. The highest BCUT2D eigenvalue weighted by Crippen LogP contribution is 2.28. The van der Waals surface area contributed by atoms with Crippen molar-refractivity contribution < 1.29 is 14.7 Å². The van der Waals surface area contributed by atoms with Crippen molar-refractivity contribution in [3.63, 3.8) is 0 Å². The number of para-hydroxylation sites is 1. The van der Waals surface area contributed by atoms with Crippen molar-refractivity contribution in [3.8, 4) is 16.3 Å². The van der Waals surface area contributed by atoms with E-state index in [1.54, 1.807) is 23.0 Å². The molecule has 138 valence electrons. The zero-order valence-corrected chi connectivity index (χ0v) is 15.4. The van der Waals surface area contributed by atoms with Crippen LogP contribution in [-0.2, 0) is 0 Å². The number of carboxylic acids is 1. The van der Waals surface area contributed by atoms with Crippen LogP contribution in [0.5, 0.6) is 0 Å². The van der Waals surface area contributed by atoms with Crippen LogP contribution in [-0.4, -0.2) is 26.8 Å². The van der Waals surface area contributed by atoms with Gasteiger partial charge in [0.2, 0.25) is 0 Å². The molecule has 0 saturated heterocycles.